The summed E-state index contributed by atoms with van der Waals surface area (Å²) in [4.78, 5) is 6.61. The minimum atomic E-state index is 0.241. The number of hydrogen-bond donors (Lipinski definition) is 1. The minimum Gasteiger partial charge on any atom is -0.336 e. The van der Waals surface area contributed by atoms with Crippen LogP contribution in [0.4, 0.5) is 0 Å². The van der Waals surface area contributed by atoms with Gasteiger partial charge in [-0.1, -0.05) is 24.3 Å². The third-order valence-electron chi connectivity index (χ3n) is 3.72. The molecule has 1 aliphatic heterocycles. The summed E-state index contributed by atoms with van der Waals surface area (Å²) in [6.07, 6.45) is 3.75. The zero-order valence-electron chi connectivity index (χ0n) is 10.6. The maximum Gasteiger partial charge on any atom is 0.0946 e. The van der Waals surface area contributed by atoms with Crippen LogP contribution in [0.5, 0.6) is 0 Å². The van der Waals surface area contributed by atoms with Gasteiger partial charge >= 0.3 is 0 Å². The number of imidazole rings is 1. The number of aromatic nitrogens is 2. The lowest BCUT2D eigenvalue weighted by atomic mass is 10.1. The normalized spacial score (nSPS) is 16.8. The van der Waals surface area contributed by atoms with Crippen LogP contribution in [0.25, 0.3) is 0 Å². The van der Waals surface area contributed by atoms with Crippen LogP contribution in [-0.2, 0) is 20.1 Å². The number of benzene rings is 1. The Kier molecular flexibility index (Phi) is 2.89. The SMILES string of the molecule is Cn1cncc1C(CN)N1Cc2ccccc2C1. The molecule has 0 amide bonds. The molecule has 0 fully saturated rings. The van der Waals surface area contributed by atoms with E-state index in [0.29, 0.717) is 6.54 Å². The summed E-state index contributed by atoms with van der Waals surface area (Å²) in [5.41, 5.74) is 9.98. The summed E-state index contributed by atoms with van der Waals surface area (Å²) in [5, 5.41) is 0. The molecule has 2 N–H and O–H groups in total. The van der Waals surface area contributed by atoms with Crippen molar-refractivity contribution in [2.45, 2.75) is 19.1 Å². The first kappa shape index (κ1) is 11.4. The second-order valence-electron chi connectivity index (χ2n) is 4.85. The molecule has 94 valence electrons. The molecule has 4 nitrogen and oxygen atoms in total. The molecule has 4 heteroatoms. The van der Waals surface area contributed by atoms with Crippen LogP contribution in [-0.4, -0.2) is 21.0 Å². The zero-order chi connectivity index (χ0) is 12.5. The van der Waals surface area contributed by atoms with Crippen molar-refractivity contribution < 1.29 is 0 Å². The van der Waals surface area contributed by atoms with Crippen LogP contribution >= 0.6 is 0 Å². The van der Waals surface area contributed by atoms with E-state index in [1.54, 1.807) is 0 Å². The Balaban J connectivity index is 1.86. The van der Waals surface area contributed by atoms with Gasteiger partial charge in [-0.3, -0.25) is 4.90 Å². The van der Waals surface area contributed by atoms with Gasteiger partial charge in [0.05, 0.1) is 18.1 Å². The van der Waals surface area contributed by atoms with Gasteiger partial charge in [0, 0.05) is 32.9 Å². The lowest BCUT2D eigenvalue weighted by molar-refractivity contribution is 0.198. The molecule has 1 aromatic carbocycles. The summed E-state index contributed by atoms with van der Waals surface area (Å²) in [6, 6.07) is 8.84. The first-order chi connectivity index (χ1) is 8.79. The number of rotatable bonds is 3. The highest BCUT2D eigenvalue weighted by molar-refractivity contribution is 5.31. The Morgan fingerprint density at radius 1 is 1.28 bits per heavy atom. The number of nitrogens with two attached hydrogens (primary N) is 1. The molecule has 0 saturated carbocycles. The van der Waals surface area contributed by atoms with Crippen LogP contribution < -0.4 is 5.73 Å². The highest BCUT2D eigenvalue weighted by Gasteiger charge is 2.27. The van der Waals surface area contributed by atoms with E-state index in [1.165, 1.54) is 16.8 Å². The molecular weight excluding hydrogens is 224 g/mol. The Labute approximate surface area is 107 Å². The second kappa shape index (κ2) is 4.55. The molecule has 2 heterocycles. The Hall–Kier alpha value is -1.65. The zero-order valence-corrected chi connectivity index (χ0v) is 10.6. The van der Waals surface area contributed by atoms with Gasteiger partial charge in [0.25, 0.3) is 0 Å². The average molecular weight is 242 g/mol. The maximum atomic E-state index is 5.96. The van der Waals surface area contributed by atoms with Gasteiger partial charge < -0.3 is 10.3 Å². The average Bonchev–Trinajstić information content (AvgIpc) is 2.97. The van der Waals surface area contributed by atoms with Crippen molar-refractivity contribution >= 4 is 0 Å². The highest BCUT2D eigenvalue weighted by Crippen LogP contribution is 2.30. The first-order valence-electron chi connectivity index (χ1n) is 6.26. The van der Waals surface area contributed by atoms with Crippen molar-refractivity contribution in [3.05, 3.63) is 53.6 Å². The van der Waals surface area contributed by atoms with Crippen molar-refractivity contribution in [1.82, 2.24) is 14.5 Å². The van der Waals surface area contributed by atoms with E-state index in [2.05, 4.69) is 38.7 Å². The molecule has 2 aromatic rings. The van der Waals surface area contributed by atoms with Crippen molar-refractivity contribution in [2.75, 3.05) is 6.54 Å². The molecule has 0 bridgehead atoms. The molecule has 0 saturated heterocycles. The van der Waals surface area contributed by atoms with E-state index in [-0.39, 0.29) is 6.04 Å². The van der Waals surface area contributed by atoms with Gasteiger partial charge in [-0.15, -0.1) is 0 Å². The number of nitrogens with zero attached hydrogens (tertiary/aromatic N) is 3. The third-order valence-corrected chi connectivity index (χ3v) is 3.72. The molecular formula is C14H18N4. The monoisotopic (exact) mass is 242 g/mol. The van der Waals surface area contributed by atoms with Gasteiger partial charge in [0.15, 0.2) is 0 Å². The fraction of sp³-hybridized carbons (Fsp3) is 0.357. The lowest BCUT2D eigenvalue weighted by Gasteiger charge is -2.26. The summed E-state index contributed by atoms with van der Waals surface area (Å²) in [7, 11) is 2.02. The molecule has 3 rings (SSSR count). The van der Waals surface area contributed by atoms with E-state index in [4.69, 9.17) is 5.73 Å². The van der Waals surface area contributed by atoms with Gasteiger partial charge in [-0.25, -0.2) is 4.98 Å². The van der Waals surface area contributed by atoms with E-state index in [1.807, 2.05) is 19.6 Å². The smallest absolute Gasteiger partial charge is 0.0946 e. The Morgan fingerprint density at radius 3 is 2.44 bits per heavy atom. The number of fused-ring (bicyclic) bond motifs is 1. The molecule has 1 aliphatic rings. The maximum absolute atomic E-state index is 5.96. The van der Waals surface area contributed by atoms with Crippen LogP contribution in [0.3, 0.4) is 0 Å². The fourth-order valence-electron chi connectivity index (χ4n) is 2.73. The topological polar surface area (TPSA) is 47.1 Å². The van der Waals surface area contributed by atoms with Crippen LogP contribution in [0.15, 0.2) is 36.8 Å². The van der Waals surface area contributed by atoms with Crippen molar-refractivity contribution in [2.24, 2.45) is 12.8 Å². The highest BCUT2D eigenvalue weighted by atomic mass is 15.2. The molecule has 0 aliphatic carbocycles. The molecule has 1 atom stereocenters. The predicted molar refractivity (Wildman–Crippen MR) is 70.7 cm³/mol. The van der Waals surface area contributed by atoms with Crippen LogP contribution in [0.2, 0.25) is 0 Å². The van der Waals surface area contributed by atoms with Gasteiger partial charge in [-0.2, -0.15) is 0 Å². The van der Waals surface area contributed by atoms with Crippen LogP contribution in [0.1, 0.15) is 22.9 Å². The van der Waals surface area contributed by atoms with Gasteiger partial charge in [-0.05, 0) is 11.1 Å². The molecule has 18 heavy (non-hydrogen) atoms. The van der Waals surface area contributed by atoms with E-state index < -0.39 is 0 Å². The van der Waals surface area contributed by atoms with E-state index in [0.717, 1.165) is 13.1 Å². The van der Waals surface area contributed by atoms with E-state index >= 15 is 0 Å². The lowest BCUT2D eigenvalue weighted by Crippen LogP contribution is -2.31. The molecule has 0 spiro atoms. The second-order valence-corrected chi connectivity index (χ2v) is 4.85. The number of aryl methyl sites for hydroxylation is 1. The quantitative estimate of drug-likeness (QED) is 0.886. The summed E-state index contributed by atoms with van der Waals surface area (Å²) in [6.45, 7) is 2.57. The fourth-order valence-corrected chi connectivity index (χ4v) is 2.73. The molecule has 1 aromatic heterocycles. The molecule has 1 unspecified atom stereocenters. The summed E-state index contributed by atoms with van der Waals surface area (Å²) in [5.74, 6) is 0. The Morgan fingerprint density at radius 2 is 1.94 bits per heavy atom. The number of hydrogen-bond acceptors (Lipinski definition) is 3. The van der Waals surface area contributed by atoms with Gasteiger partial charge in [0.1, 0.15) is 0 Å². The van der Waals surface area contributed by atoms with Crippen LogP contribution in [0, 0.1) is 0 Å². The van der Waals surface area contributed by atoms with Crippen molar-refractivity contribution in [1.29, 1.82) is 0 Å². The Bertz CT molecular complexity index is 521. The predicted octanol–water partition coefficient (Wildman–Crippen LogP) is 1.44. The standard InChI is InChI=1S/C14H18N4/c1-17-10-16-7-14(17)13(6-15)18-8-11-4-2-3-5-12(11)9-18/h2-5,7,10,13H,6,8-9,15H2,1H3. The van der Waals surface area contributed by atoms with E-state index in [9.17, 15) is 0 Å². The van der Waals surface area contributed by atoms with Crippen molar-refractivity contribution in [3.63, 3.8) is 0 Å². The minimum absolute atomic E-state index is 0.241. The largest absolute Gasteiger partial charge is 0.336 e. The summed E-state index contributed by atoms with van der Waals surface area (Å²) < 4.78 is 2.06. The van der Waals surface area contributed by atoms with Gasteiger partial charge in [0.2, 0.25) is 0 Å². The first-order valence-corrected chi connectivity index (χ1v) is 6.26. The van der Waals surface area contributed by atoms with Crippen molar-refractivity contribution in [3.8, 4) is 0 Å². The molecule has 0 radical (unpaired) electrons. The summed E-state index contributed by atoms with van der Waals surface area (Å²) >= 11 is 0. The third kappa shape index (κ3) is 1.83.